The van der Waals surface area contributed by atoms with E-state index in [-0.39, 0.29) is 18.2 Å². The predicted molar refractivity (Wildman–Crippen MR) is 69.5 cm³/mol. The maximum Gasteiger partial charge on any atom is 0.211 e. The molecule has 0 aromatic carbocycles. The highest BCUT2D eigenvalue weighted by Crippen LogP contribution is 2.03. The van der Waals surface area contributed by atoms with Crippen LogP contribution in [0.25, 0.3) is 0 Å². The molecule has 1 heterocycles. The Labute approximate surface area is 104 Å². The van der Waals surface area contributed by atoms with Crippen molar-refractivity contribution >= 4 is 22.4 Å². The maximum atomic E-state index is 11.5. The molecule has 1 aliphatic rings. The number of halogens is 1. The Morgan fingerprint density at radius 3 is 2.81 bits per heavy atom. The van der Waals surface area contributed by atoms with Crippen molar-refractivity contribution in [1.29, 1.82) is 0 Å². The fraction of sp³-hybridized carbons (Fsp3) is 0.800. The third-order valence-corrected chi connectivity index (χ3v) is 3.85. The van der Waals surface area contributed by atoms with Gasteiger partial charge in [0.15, 0.2) is 0 Å². The summed E-state index contributed by atoms with van der Waals surface area (Å²) in [6.07, 6.45) is 4.64. The number of rotatable bonds is 6. The molecule has 1 aliphatic heterocycles. The summed E-state index contributed by atoms with van der Waals surface area (Å²) in [5.74, 6) is 0.245. The Morgan fingerprint density at radius 2 is 2.25 bits per heavy atom. The van der Waals surface area contributed by atoms with Crippen molar-refractivity contribution in [2.24, 2.45) is 0 Å². The second-order valence-corrected chi connectivity index (χ2v) is 5.74. The largest absolute Gasteiger partial charge is 0.313 e. The van der Waals surface area contributed by atoms with E-state index in [4.69, 9.17) is 0 Å². The number of hydrogen-bond donors (Lipinski definition) is 2. The first-order valence-corrected chi connectivity index (χ1v) is 7.15. The van der Waals surface area contributed by atoms with E-state index in [1.54, 1.807) is 0 Å². The lowest BCUT2D eigenvalue weighted by molar-refractivity contribution is 0.579. The average Bonchev–Trinajstić information content (AvgIpc) is 2.25. The lowest BCUT2D eigenvalue weighted by Gasteiger charge is -2.14. The van der Waals surface area contributed by atoms with Crippen LogP contribution < -0.4 is 10.0 Å². The third-order valence-electron chi connectivity index (χ3n) is 2.44. The molecule has 0 fully saturated rings. The molecule has 0 aromatic rings. The zero-order chi connectivity index (χ0) is 11.1. The van der Waals surface area contributed by atoms with Crippen molar-refractivity contribution in [3.63, 3.8) is 0 Å². The minimum atomic E-state index is -3.05. The first-order chi connectivity index (χ1) is 7.14. The Kier molecular flexibility index (Phi) is 8.01. The standard InChI is InChI=1S/C10H20N2O2S.ClH/c1-2-3-8-15(13,14)12-9-10-4-6-11-7-5-10;/h4,11-12H,2-3,5-9H2,1H3;1H. The van der Waals surface area contributed by atoms with E-state index in [0.717, 1.165) is 32.4 Å². The normalized spacial score (nSPS) is 16.4. The molecule has 0 amide bonds. The van der Waals surface area contributed by atoms with Crippen LogP contribution >= 0.6 is 12.4 Å². The van der Waals surface area contributed by atoms with Crippen molar-refractivity contribution in [3.05, 3.63) is 11.6 Å². The van der Waals surface area contributed by atoms with Crippen LogP contribution in [0.1, 0.15) is 26.2 Å². The number of unbranched alkanes of at least 4 members (excludes halogenated alkanes) is 1. The molecule has 0 saturated carbocycles. The summed E-state index contributed by atoms with van der Waals surface area (Å²) >= 11 is 0. The molecule has 0 aromatic heterocycles. The Morgan fingerprint density at radius 1 is 1.50 bits per heavy atom. The maximum absolute atomic E-state index is 11.5. The number of hydrogen-bond acceptors (Lipinski definition) is 3. The fourth-order valence-corrected chi connectivity index (χ4v) is 2.66. The highest BCUT2D eigenvalue weighted by molar-refractivity contribution is 7.89. The highest BCUT2D eigenvalue weighted by Gasteiger charge is 2.10. The van der Waals surface area contributed by atoms with Crippen LogP contribution in [0.15, 0.2) is 11.6 Å². The first kappa shape index (κ1) is 15.9. The second-order valence-electron chi connectivity index (χ2n) is 3.81. The van der Waals surface area contributed by atoms with Gasteiger partial charge in [-0.3, -0.25) is 0 Å². The van der Waals surface area contributed by atoms with Gasteiger partial charge < -0.3 is 5.32 Å². The molecule has 0 aliphatic carbocycles. The molecule has 0 atom stereocenters. The molecule has 1 rings (SSSR count). The summed E-state index contributed by atoms with van der Waals surface area (Å²) in [6.45, 7) is 4.27. The summed E-state index contributed by atoms with van der Waals surface area (Å²) in [6, 6.07) is 0. The van der Waals surface area contributed by atoms with Gasteiger partial charge in [-0.15, -0.1) is 12.4 Å². The fourth-order valence-electron chi connectivity index (χ4n) is 1.44. The molecule has 4 nitrogen and oxygen atoms in total. The minimum Gasteiger partial charge on any atom is -0.313 e. The molecular formula is C10H21ClN2O2S. The van der Waals surface area contributed by atoms with Gasteiger partial charge >= 0.3 is 0 Å². The van der Waals surface area contributed by atoms with Crippen molar-refractivity contribution < 1.29 is 8.42 Å². The van der Waals surface area contributed by atoms with E-state index in [9.17, 15) is 8.42 Å². The van der Waals surface area contributed by atoms with Crippen molar-refractivity contribution in [3.8, 4) is 0 Å². The molecule has 0 spiro atoms. The minimum absolute atomic E-state index is 0. The van der Waals surface area contributed by atoms with Crippen LogP contribution in [-0.2, 0) is 10.0 Å². The molecule has 0 unspecified atom stereocenters. The molecular weight excluding hydrogens is 248 g/mol. The predicted octanol–water partition coefficient (Wildman–Crippen LogP) is 1.05. The summed E-state index contributed by atoms with van der Waals surface area (Å²) in [5.41, 5.74) is 1.19. The average molecular weight is 269 g/mol. The molecule has 2 N–H and O–H groups in total. The molecule has 96 valence electrons. The first-order valence-electron chi connectivity index (χ1n) is 5.50. The summed E-state index contributed by atoms with van der Waals surface area (Å²) in [4.78, 5) is 0. The monoisotopic (exact) mass is 268 g/mol. The highest BCUT2D eigenvalue weighted by atomic mass is 35.5. The molecule has 0 bridgehead atoms. The Balaban J connectivity index is 0.00000225. The molecule has 16 heavy (non-hydrogen) atoms. The van der Waals surface area contributed by atoms with Gasteiger partial charge in [0, 0.05) is 13.1 Å². The van der Waals surface area contributed by atoms with Crippen molar-refractivity contribution in [1.82, 2.24) is 10.0 Å². The van der Waals surface area contributed by atoms with E-state index in [1.165, 1.54) is 5.57 Å². The number of sulfonamides is 1. The van der Waals surface area contributed by atoms with Crippen molar-refractivity contribution in [2.45, 2.75) is 26.2 Å². The lowest BCUT2D eigenvalue weighted by atomic mass is 10.1. The van der Waals surface area contributed by atoms with Gasteiger partial charge in [-0.2, -0.15) is 0 Å². The van der Waals surface area contributed by atoms with E-state index in [1.807, 2.05) is 6.92 Å². The Bertz CT molecular complexity index is 315. The zero-order valence-corrected chi connectivity index (χ0v) is 11.3. The van der Waals surface area contributed by atoms with Gasteiger partial charge in [-0.25, -0.2) is 13.1 Å². The van der Waals surface area contributed by atoms with Crippen molar-refractivity contribution in [2.75, 3.05) is 25.4 Å². The van der Waals surface area contributed by atoms with Crippen LogP contribution in [0.3, 0.4) is 0 Å². The van der Waals surface area contributed by atoms with Gasteiger partial charge in [0.2, 0.25) is 10.0 Å². The van der Waals surface area contributed by atoms with Gasteiger partial charge in [-0.1, -0.05) is 25.0 Å². The Hall–Kier alpha value is -0.100. The summed E-state index contributed by atoms with van der Waals surface area (Å²) in [7, 11) is -3.05. The van der Waals surface area contributed by atoms with Crippen LogP contribution in [0.4, 0.5) is 0 Å². The van der Waals surface area contributed by atoms with Gasteiger partial charge in [0.1, 0.15) is 0 Å². The topological polar surface area (TPSA) is 58.2 Å². The third kappa shape index (κ3) is 6.48. The van der Waals surface area contributed by atoms with E-state index in [0.29, 0.717) is 6.54 Å². The van der Waals surface area contributed by atoms with Crippen LogP contribution in [-0.4, -0.2) is 33.8 Å². The smallest absolute Gasteiger partial charge is 0.211 e. The lowest BCUT2D eigenvalue weighted by Crippen LogP contribution is -2.31. The number of nitrogens with one attached hydrogen (secondary N) is 2. The zero-order valence-electron chi connectivity index (χ0n) is 9.66. The quantitative estimate of drug-likeness (QED) is 0.708. The SMILES string of the molecule is CCCCS(=O)(=O)NCC1=CCNCC1.Cl. The van der Waals surface area contributed by atoms with Gasteiger partial charge in [0.25, 0.3) is 0 Å². The summed E-state index contributed by atoms with van der Waals surface area (Å²) in [5, 5.41) is 3.19. The van der Waals surface area contributed by atoms with Gasteiger partial charge in [-0.05, 0) is 19.4 Å². The van der Waals surface area contributed by atoms with E-state index in [2.05, 4.69) is 16.1 Å². The molecule has 0 saturated heterocycles. The van der Waals surface area contributed by atoms with E-state index >= 15 is 0 Å². The van der Waals surface area contributed by atoms with Crippen LogP contribution in [0, 0.1) is 0 Å². The second kappa shape index (κ2) is 8.06. The van der Waals surface area contributed by atoms with Gasteiger partial charge in [0.05, 0.1) is 5.75 Å². The van der Waals surface area contributed by atoms with Crippen LogP contribution in [0.2, 0.25) is 0 Å². The van der Waals surface area contributed by atoms with E-state index < -0.39 is 10.0 Å². The molecule has 0 radical (unpaired) electrons. The molecule has 6 heteroatoms. The van der Waals surface area contributed by atoms with Crippen LogP contribution in [0.5, 0.6) is 0 Å². The summed E-state index contributed by atoms with van der Waals surface area (Å²) < 4.78 is 25.6.